The van der Waals surface area contributed by atoms with Crippen LogP contribution in [-0.2, 0) is 4.74 Å². The zero-order valence-corrected chi connectivity index (χ0v) is 12.0. The van der Waals surface area contributed by atoms with E-state index < -0.39 is 0 Å². The number of ether oxygens (including phenoxy) is 1. The molecule has 2 aromatic rings. The average Bonchev–Trinajstić information content (AvgIpc) is 2.89. The molecule has 4 rings (SSSR count). The number of amides is 1. The van der Waals surface area contributed by atoms with Gasteiger partial charge >= 0.3 is 0 Å². The van der Waals surface area contributed by atoms with Crippen LogP contribution in [0, 0.1) is 0 Å². The highest BCUT2D eigenvalue weighted by molar-refractivity contribution is 6.25. The fourth-order valence-electron chi connectivity index (χ4n) is 3.19. The van der Waals surface area contributed by atoms with Crippen molar-refractivity contribution in [3.05, 3.63) is 59.2 Å². The van der Waals surface area contributed by atoms with Crippen molar-refractivity contribution in [1.82, 2.24) is 4.90 Å². The van der Waals surface area contributed by atoms with Gasteiger partial charge in [0.25, 0.3) is 5.91 Å². The molecule has 0 unspecified atom stereocenters. The van der Waals surface area contributed by atoms with Crippen LogP contribution < -0.4 is 0 Å². The monoisotopic (exact) mass is 293 g/mol. The first-order chi connectivity index (χ1) is 10.8. The van der Waals surface area contributed by atoms with Crippen molar-refractivity contribution >= 4 is 11.7 Å². The van der Waals surface area contributed by atoms with E-state index in [1.54, 1.807) is 11.0 Å². The summed E-state index contributed by atoms with van der Waals surface area (Å²) in [6, 6.07) is 13.0. The van der Waals surface area contributed by atoms with Crippen LogP contribution in [0.4, 0.5) is 0 Å². The summed E-state index contributed by atoms with van der Waals surface area (Å²) in [5, 5.41) is 0. The van der Waals surface area contributed by atoms with Gasteiger partial charge in [-0.15, -0.1) is 0 Å². The number of fused-ring (bicyclic) bond motifs is 3. The minimum atomic E-state index is -0.0821. The second-order valence-corrected chi connectivity index (χ2v) is 5.51. The minimum absolute atomic E-state index is 0.0530. The standard InChI is InChI=1S/C18H15NO3/c20-17-14-5-2-1-4-12(14)13-6-3-7-15(16(13)17)18(21)19-8-10-22-11-9-19/h1-7H,8-11H2. The predicted octanol–water partition coefficient (Wildman–Crippen LogP) is 2.37. The summed E-state index contributed by atoms with van der Waals surface area (Å²) < 4.78 is 5.29. The summed E-state index contributed by atoms with van der Waals surface area (Å²) >= 11 is 0. The molecule has 1 fully saturated rings. The topological polar surface area (TPSA) is 46.6 Å². The van der Waals surface area contributed by atoms with E-state index in [1.165, 1.54) is 0 Å². The maximum atomic E-state index is 12.8. The van der Waals surface area contributed by atoms with E-state index in [0.717, 1.165) is 11.1 Å². The number of hydrogen-bond acceptors (Lipinski definition) is 3. The van der Waals surface area contributed by atoms with Gasteiger partial charge in [0.2, 0.25) is 0 Å². The molecule has 1 aliphatic heterocycles. The molecule has 4 nitrogen and oxygen atoms in total. The van der Waals surface area contributed by atoms with Gasteiger partial charge in [-0.2, -0.15) is 0 Å². The number of hydrogen-bond donors (Lipinski definition) is 0. The van der Waals surface area contributed by atoms with Crippen LogP contribution in [0.2, 0.25) is 0 Å². The van der Waals surface area contributed by atoms with Gasteiger partial charge in [0.1, 0.15) is 0 Å². The van der Waals surface area contributed by atoms with Crippen molar-refractivity contribution in [2.45, 2.75) is 0 Å². The first kappa shape index (κ1) is 13.2. The quantitative estimate of drug-likeness (QED) is 0.692. The van der Waals surface area contributed by atoms with Crippen molar-refractivity contribution in [1.29, 1.82) is 0 Å². The SMILES string of the molecule is O=C1c2ccccc2-c2cccc(C(=O)N3CCOCC3)c21. The van der Waals surface area contributed by atoms with Gasteiger partial charge in [-0.25, -0.2) is 0 Å². The zero-order chi connectivity index (χ0) is 15.1. The van der Waals surface area contributed by atoms with Crippen LogP contribution in [0.1, 0.15) is 26.3 Å². The molecule has 1 aliphatic carbocycles. The average molecular weight is 293 g/mol. The van der Waals surface area contributed by atoms with Crippen molar-refractivity contribution in [2.24, 2.45) is 0 Å². The van der Waals surface area contributed by atoms with E-state index in [2.05, 4.69) is 0 Å². The second kappa shape index (κ2) is 5.07. The Hall–Kier alpha value is -2.46. The number of carbonyl (C=O) groups is 2. The van der Waals surface area contributed by atoms with Crippen LogP contribution in [0.3, 0.4) is 0 Å². The van der Waals surface area contributed by atoms with Gasteiger partial charge in [0, 0.05) is 24.2 Å². The molecule has 2 aromatic carbocycles. The normalized spacial score (nSPS) is 16.4. The molecule has 0 spiro atoms. The second-order valence-electron chi connectivity index (χ2n) is 5.51. The molecule has 0 saturated carbocycles. The van der Waals surface area contributed by atoms with E-state index in [9.17, 15) is 9.59 Å². The van der Waals surface area contributed by atoms with Crippen LogP contribution >= 0.6 is 0 Å². The van der Waals surface area contributed by atoms with Gasteiger partial charge < -0.3 is 9.64 Å². The Balaban J connectivity index is 1.81. The number of rotatable bonds is 1. The Bertz CT molecular complexity index is 776. The van der Waals surface area contributed by atoms with Crippen LogP contribution in [0.25, 0.3) is 11.1 Å². The predicted molar refractivity (Wildman–Crippen MR) is 82.0 cm³/mol. The van der Waals surface area contributed by atoms with E-state index in [1.807, 2.05) is 36.4 Å². The van der Waals surface area contributed by atoms with E-state index in [-0.39, 0.29) is 11.7 Å². The number of ketones is 1. The van der Waals surface area contributed by atoms with E-state index in [4.69, 9.17) is 4.74 Å². The summed E-state index contributed by atoms with van der Waals surface area (Å²) in [4.78, 5) is 27.2. The first-order valence-corrected chi connectivity index (χ1v) is 7.41. The molecular formula is C18H15NO3. The lowest BCUT2D eigenvalue weighted by atomic mass is 10.00. The Morgan fingerprint density at radius 1 is 0.909 bits per heavy atom. The van der Waals surface area contributed by atoms with Gasteiger partial charge in [0.15, 0.2) is 5.78 Å². The highest BCUT2D eigenvalue weighted by Crippen LogP contribution is 2.38. The maximum absolute atomic E-state index is 12.8. The van der Waals surface area contributed by atoms with Crippen molar-refractivity contribution in [3.8, 4) is 11.1 Å². The summed E-state index contributed by atoms with van der Waals surface area (Å²) in [5.41, 5.74) is 3.50. The molecule has 1 saturated heterocycles. The Labute approximate surface area is 128 Å². The first-order valence-electron chi connectivity index (χ1n) is 7.41. The summed E-state index contributed by atoms with van der Waals surface area (Å²) in [5.74, 6) is -0.135. The number of carbonyl (C=O) groups excluding carboxylic acids is 2. The molecular weight excluding hydrogens is 278 g/mol. The molecule has 110 valence electrons. The molecule has 4 heteroatoms. The number of morpholine rings is 1. The molecule has 1 amide bonds. The smallest absolute Gasteiger partial charge is 0.254 e. The summed E-state index contributed by atoms with van der Waals surface area (Å²) in [6.45, 7) is 2.25. The van der Waals surface area contributed by atoms with Gasteiger partial charge in [-0.05, 0) is 17.2 Å². The van der Waals surface area contributed by atoms with Crippen molar-refractivity contribution in [3.63, 3.8) is 0 Å². The van der Waals surface area contributed by atoms with E-state index in [0.29, 0.717) is 43.0 Å². The van der Waals surface area contributed by atoms with Crippen LogP contribution in [0.15, 0.2) is 42.5 Å². The number of benzene rings is 2. The van der Waals surface area contributed by atoms with E-state index >= 15 is 0 Å². The Kier molecular flexibility index (Phi) is 3.05. The molecule has 0 bridgehead atoms. The molecule has 0 atom stereocenters. The van der Waals surface area contributed by atoms with Gasteiger partial charge in [-0.1, -0.05) is 36.4 Å². The number of nitrogens with zero attached hydrogens (tertiary/aromatic N) is 1. The van der Waals surface area contributed by atoms with Crippen molar-refractivity contribution in [2.75, 3.05) is 26.3 Å². The summed E-state index contributed by atoms with van der Waals surface area (Å²) in [6.07, 6.45) is 0. The Morgan fingerprint density at radius 2 is 1.59 bits per heavy atom. The fraction of sp³-hybridized carbons (Fsp3) is 0.222. The third kappa shape index (κ3) is 1.88. The van der Waals surface area contributed by atoms with Crippen molar-refractivity contribution < 1.29 is 14.3 Å². The highest BCUT2D eigenvalue weighted by Gasteiger charge is 2.32. The summed E-state index contributed by atoms with van der Waals surface area (Å²) in [7, 11) is 0. The third-order valence-corrected chi connectivity index (χ3v) is 4.28. The fourth-order valence-corrected chi connectivity index (χ4v) is 3.19. The molecule has 0 N–H and O–H groups in total. The molecule has 0 aromatic heterocycles. The highest BCUT2D eigenvalue weighted by atomic mass is 16.5. The van der Waals surface area contributed by atoms with Gasteiger partial charge in [0.05, 0.1) is 18.8 Å². The zero-order valence-electron chi connectivity index (χ0n) is 12.0. The van der Waals surface area contributed by atoms with Crippen LogP contribution in [-0.4, -0.2) is 42.9 Å². The lowest BCUT2D eigenvalue weighted by Gasteiger charge is -2.27. The third-order valence-electron chi connectivity index (χ3n) is 4.28. The van der Waals surface area contributed by atoms with Crippen LogP contribution in [0.5, 0.6) is 0 Å². The molecule has 22 heavy (non-hydrogen) atoms. The maximum Gasteiger partial charge on any atom is 0.254 e. The Morgan fingerprint density at radius 3 is 2.36 bits per heavy atom. The molecule has 0 radical (unpaired) electrons. The molecule has 1 heterocycles. The lowest BCUT2D eigenvalue weighted by molar-refractivity contribution is 0.0302. The molecule has 2 aliphatic rings. The minimum Gasteiger partial charge on any atom is -0.378 e. The van der Waals surface area contributed by atoms with Gasteiger partial charge in [-0.3, -0.25) is 9.59 Å². The largest absolute Gasteiger partial charge is 0.378 e. The lowest BCUT2D eigenvalue weighted by Crippen LogP contribution is -2.41.